The molecule has 2 rings (SSSR count). The standard InChI is InChI=1S/C18H26O6/c1-21-11-23-15-7-8-16(17(10-15)24-12-22-2)14-5-3-13(4-6-14)9-18(19)20/h7-8,10,13-14H,3-6,9,11-12H2,1-2H3,(H,19,20). The Morgan fingerprint density at radius 2 is 1.75 bits per heavy atom. The van der Waals surface area contributed by atoms with E-state index in [1.807, 2.05) is 18.2 Å². The molecule has 0 heterocycles. The van der Waals surface area contributed by atoms with Crippen molar-refractivity contribution in [3.8, 4) is 11.5 Å². The second-order valence-corrected chi connectivity index (χ2v) is 6.12. The second-order valence-electron chi connectivity index (χ2n) is 6.12. The lowest BCUT2D eigenvalue weighted by atomic mass is 9.77. The lowest BCUT2D eigenvalue weighted by Crippen LogP contribution is -2.17. The summed E-state index contributed by atoms with van der Waals surface area (Å²) in [6.07, 6.45) is 4.08. The molecule has 6 heteroatoms. The van der Waals surface area contributed by atoms with Crippen LogP contribution in [0.25, 0.3) is 0 Å². The van der Waals surface area contributed by atoms with Gasteiger partial charge in [-0.1, -0.05) is 6.07 Å². The summed E-state index contributed by atoms with van der Waals surface area (Å²) in [6.45, 7) is 0.360. The zero-order valence-electron chi connectivity index (χ0n) is 14.3. The van der Waals surface area contributed by atoms with Crippen LogP contribution in [-0.4, -0.2) is 38.9 Å². The van der Waals surface area contributed by atoms with E-state index in [0.29, 0.717) is 11.7 Å². The molecule has 1 aromatic carbocycles. The minimum Gasteiger partial charge on any atom is -0.481 e. The predicted octanol–water partition coefficient (Wildman–Crippen LogP) is 3.40. The summed E-state index contributed by atoms with van der Waals surface area (Å²) in [7, 11) is 3.16. The van der Waals surface area contributed by atoms with Crippen LogP contribution in [0.2, 0.25) is 0 Å². The summed E-state index contributed by atoms with van der Waals surface area (Å²) in [4.78, 5) is 10.9. The molecule has 0 bridgehead atoms. The lowest BCUT2D eigenvalue weighted by Gasteiger charge is -2.29. The van der Waals surface area contributed by atoms with Gasteiger partial charge in [-0.05, 0) is 49.1 Å². The Labute approximate surface area is 142 Å². The van der Waals surface area contributed by atoms with Crippen LogP contribution in [0.15, 0.2) is 18.2 Å². The van der Waals surface area contributed by atoms with Crippen molar-refractivity contribution in [3.63, 3.8) is 0 Å². The third-order valence-corrected chi connectivity index (χ3v) is 4.41. The second kappa shape index (κ2) is 9.49. The number of methoxy groups -OCH3 is 2. The molecule has 0 atom stereocenters. The number of aliphatic carboxylic acids is 1. The van der Waals surface area contributed by atoms with E-state index in [1.54, 1.807) is 14.2 Å². The number of carboxylic acid groups (broad SMARTS) is 1. The number of ether oxygens (including phenoxy) is 4. The van der Waals surface area contributed by atoms with Crippen LogP contribution >= 0.6 is 0 Å². The smallest absolute Gasteiger partial charge is 0.303 e. The Bertz CT molecular complexity index is 522. The zero-order valence-corrected chi connectivity index (χ0v) is 14.3. The largest absolute Gasteiger partial charge is 0.481 e. The van der Waals surface area contributed by atoms with Gasteiger partial charge in [0.15, 0.2) is 13.6 Å². The van der Waals surface area contributed by atoms with Gasteiger partial charge in [-0.15, -0.1) is 0 Å². The van der Waals surface area contributed by atoms with Gasteiger partial charge in [0.2, 0.25) is 0 Å². The van der Waals surface area contributed by atoms with Crippen molar-refractivity contribution < 1.29 is 28.8 Å². The molecule has 0 saturated heterocycles. The maximum absolute atomic E-state index is 10.9. The SMILES string of the molecule is COCOc1ccc(C2CCC(CC(=O)O)CC2)c(OCOC)c1. The maximum atomic E-state index is 10.9. The van der Waals surface area contributed by atoms with Crippen molar-refractivity contribution in [2.75, 3.05) is 27.8 Å². The molecule has 0 spiro atoms. The fraction of sp³-hybridized carbons (Fsp3) is 0.611. The summed E-state index contributed by atoms with van der Waals surface area (Å²) < 4.78 is 21.1. The van der Waals surface area contributed by atoms with Gasteiger partial charge < -0.3 is 24.1 Å². The van der Waals surface area contributed by atoms with Crippen molar-refractivity contribution >= 4 is 5.97 Å². The average Bonchev–Trinajstić information content (AvgIpc) is 2.58. The van der Waals surface area contributed by atoms with E-state index < -0.39 is 5.97 Å². The molecule has 0 aromatic heterocycles. The van der Waals surface area contributed by atoms with Crippen molar-refractivity contribution in [2.24, 2.45) is 5.92 Å². The fourth-order valence-corrected chi connectivity index (χ4v) is 3.24. The molecule has 0 amide bonds. The molecule has 24 heavy (non-hydrogen) atoms. The van der Waals surface area contributed by atoms with E-state index in [4.69, 9.17) is 24.1 Å². The first-order valence-corrected chi connectivity index (χ1v) is 8.23. The van der Waals surface area contributed by atoms with Gasteiger partial charge in [0, 0.05) is 26.7 Å². The van der Waals surface area contributed by atoms with Gasteiger partial charge in [-0.3, -0.25) is 4.79 Å². The predicted molar refractivity (Wildman–Crippen MR) is 88.4 cm³/mol. The number of rotatable bonds is 9. The van der Waals surface area contributed by atoms with Gasteiger partial charge >= 0.3 is 5.97 Å². The summed E-state index contributed by atoms with van der Waals surface area (Å²) >= 11 is 0. The molecule has 1 aliphatic carbocycles. The van der Waals surface area contributed by atoms with Crippen LogP contribution in [0.4, 0.5) is 0 Å². The van der Waals surface area contributed by atoms with Crippen LogP contribution < -0.4 is 9.47 Å². The van der Waals surface area contributed by atoms with Crippen molar-refractivity contribution in [3.05, 3.63) is 23.8 Å². The molecule has 0 unspecified atom stereocenters. The maximum Gasteiger partial charge on any atom is 0.303 e. The number of hydrogen-bond acceptors (Lipinski definition) is 5. The Hall–Kier alpha value is -1.79. The first-order chi connectivity index (χ1) is 11.6. The number of carboxylic acids is 1. The van der Waals surface area contributed by atoms with Crippen molar-refractivity contribution in [2.45, 2.75) is 38.0 Å². The third kappa shape index (κ3) is 5.39. The average molecular weight is 338 g/mol. The summed E-state index contributed by atoms with van der Waals surface area (Å²) in [5.74, 6) is 1.39. The molecule has 134 valence electrons. The fourth-order valence-electron chi connectivity index (χ4n) is 3.24. The van der Waals surface area contributed by atoms with Gasteiger partial charge in [0.25, 0.3) is 0 Å². The van der Waals surface area contributed by atoms with Crippen LogP contribution in [0, 0.1) is 5.92 Å². The Balaban J connectivity index is 2.06. The minimum atomic E-state index is -0.706. The third-order valence-electron chi connectivity index (χ3n) is 4.41. The van der Waals surface area contributed by atoms with Crippen LogP contribution in [0.3, 0.4) is 0 Å². The molecule has 6 nitrogen and oxygen atoms in total. The summed E-state index contributed by atoms with van der Waals surface area (Å²) in [5.41, 5.74) is 1.13. The first kappa shape index (κ1) is 18.5. The summed E-state index contributed by atoms with van der Waals surface area (Å²) in [5, 5.41) is 8.93. The Morgan fingerprint density at radius 1 is 1.08 bits per heavy atom. The minimum absolute atomic E-state index is 0.176. The molecular weight excluding hydrogens is 312 g/mol. The highest BCUT2D eigenvalue weighted by Crippen LogP contribution is 2.41. The van der Waals surface area contributed by atoms with E-state index in [2.05, 4.69) is 0 Å². The van der Waals surface area contributed by atoms with Crippen molar-refractivity contribution in [1.82, 2.24) is 0 Å². The van der Waals surface area contributed by atoms with Crippen LogP contribution in [0.5, 0.6) is 11.5 Å². The van der Waals surface area contributed by atoms with Gasteiger partial charge in [-0.2, -0.15) is 0 Å². The zero-order chi connectivity index (χ0) is 17.4. The lowest BCUT2D eigenvalue weighted by molar-refractivity contribution is -0.138. The quantitative estimate of drug-likeness (QED) is 0.696. The van der Waals surface area contributed by atoms with E-state index >= 15 is 0 Å². The molecule has 1 aliphatic rings. The van der Waals surface area contributed by atoms with Gasteiger partial charge in [0.1, 0.15) is 11.5 Å². The monoisotopic (exact) mass is 338 g/mol. The van der Waals surface area contributed by atoms with E-state index in [9.17, 15) is 4.79 Å². The van der Waals surface area contributed by atoms with E-state index in [-0.39, 0.29) is 25.9 Å². The Morgan fingerprint density at radius 3 is 2.38 bits per heavy atom. The number of benzene rings is 1. The topological polar surface area (TPSA) is 74.2 Å². The van der Waals surface area contributed by atoms with Gasteiger partial charge in [-0.25, -0.2) is 0 Å². The molecule has 1 saturated carbocycles. The Kier molecular flexibility index (Phi) is 7.34. The van der Waals surface area contributed by atoms with E-state index in [1.165, 1.54) is 0 Å². The van der Waals surface area contributed by atoms with E-state index in [0.717, 1.165) is 37.0 Å². The van der Waals surface area contributed by atoms with Crippen LogP contribution in [0.1, 0.15) is 43.6 Å². The molecule has 1 N–H and O–H groups in total. The molecule has 1 aromatic rings. The molecule has 1 fully saturated rings. The van der Waals surface area contributed by atoms with Crippen LogP contribution in [-0.2, 0) is 14.3 Å². The first-order valence-electron chi connectivity index (χ1n) is 8.23. The number of carbonyl (C=O) groups is 1. The van der Waals surface area contributed by atoms with Crippen molar-refractivity contribution in [1.29, 1.82) is 0 Å². The molecule has 0 radical (unpaired) electrons. The highest BCUT2D eigenvalue weighted by molar-refractivity contribution is 5.67. The molecular formula is C18H26O6. The van der Waals surface area contributed by atoms with Gasteiger partial charge in [0.05, 0.1) is 0 Å². The number of hydrogen-bond donors (Lipinski definition) is 1. The normalized spacial score (nSPS) is 20.6. The highest BCUT2D eigenvalue weighted by Gasteiger charge is 2.26. The summed E-state index contributed by atoms with van der Waals surface area (Å²) in [6, 6.07) is 5.80. The molecule has 0 aliphatic heterocycles. The highest BCUT2D eigenvalue weighted by atomic mass is 16.7.